The molecule has 1 aliphatic heterocycles. The number of methoxy groups -OCH3 is 1. The summed E-state index contributed by atoms with van der Waals surface area (Å²) in [6.07, 6.45) is 3.78. The molecule has 2 rings (SSSR count). The van der Waals surface area contributed by atoms with Crippen LogP contribution in [0.15, 0.2) is 24.3 Å². The summed E-state index contributed by atoms with van der Waals surface area (Å²) in [6.45, 7) is 7.31. The largest absolute Gasteiger partial charge is 0.383 e. The molecule has 1 aromatic carbocycles. The standard InChI is InChI=1S/C21H32N2O3/c1-4-5-12-22(14-15-26-3)21(25)19-7-6-13-23(16-19)20(24)18-10-8-17(2)9-11-18/h8-11,19H,4-7,12-16H2,1-3H3. The van der Waals surface area contributed by atoms with Crippen molar-refractivity contribution in [2.24, 2.45) is 5.92 Å². The molecule has 0 bridgehead atoms. The zero-order valence-electron chi connectivity index (χ0n) is 16.4. The minimum absolute atomic E-state index is 0.0273. The third kappa shape index (κ3) is 5.56. The molecule has 5 nitrogen and oxygen atoms in total. The Kier molecular flexibility index (Phi) is 8.10. The maximum Gasteiger partial charge on any atom is 0.253 e. The number of likely N-dealkylation sites (tertiary alicyclic amines) is 1. The molecule has 0 saturated carbocycles. The summed E-state index contributed by atoms with van der Waals surface area (Å²) in [6, 6.07) is 7.65. The number of hydrogen-bond acceptors (Lipinski definition) is 3. The van der Waals surface area contributed by atoms with Gasteiger partial charge in [0.25, 0.3) is 5.91 Å². The van der Waals surface area contributed by atoms with Gasteiger partial charge in [-0.15, -0.1) is 0 Å². The van der Waals surface area contributed by atoms with Crippen LogP contribution in [0.1, 0.15) is 48.5 Å². The number of amides is 2. The Hall–Kier alpha value is -1.88. The summed E-state index contributed by atoms with van der Waals surface area (Å²) < 4.78 is 5.16. The molecule has 0 radical (unpaired) electrons. The molecule has 0 aromatic heterocycles. The Morgan fingerprint density at radius 1 is 1.23 bits per heavy atom. The highest BCUT2D eigenvalue weighted by Crippen LogP contribution is 2.21. The van der Waals surface area contributed by atoms with E-state index < -0.39 is 0 Å². The predicted octanol–water partition coefficient (Wildman–Crippen LogP) is 3.12. The molecule has 1 atom stereocenters. The van der Waals surface area contributed by atoms with Gasteiger partial charge in [-0.1, -0.05) is 31.0 Å². The van der Waals surface area contributed by atoms with E-state index in [-0.39, 0.29) is 17.7 Å². The minimum atomic E-state index is -0.105. The van der Waals surface area contributed by atoms with Crippen LogP contribution in [-0.4, -0.2) is 61.5 Å². The molecular formula is C21H32N2O3. The fraction of sp³-hybridized carbons (Fsp3) is 0.619. The van der Waals surface area contributed by atoms with E-state index in [0.717, 1.165) is 44.3 Å². The first-order valence-electron chi connectivity index (χ1n) is 9.70. The second-order valence-corrected chi connectivity index (χ2v) is 7.13. The van der Waals surface area contributed by atoms with Crippen LogP contribution in [0.3, 0.4) is 0 Å². The first-order chi connectivity index (χ1) is 12.6. The van der Waals surface area contributed by atoms with Crippen molar-refractivity contribution in [2.75, 3.05) is 39.9 Å². The Morgan fingerprint density at radius 2 is 1.96 bits per heavy atom. The van der Waals surface area contributed by atoms with Crippen molar-refractivity contribution in [3.63, 3.8) is 0 Å². The highest BCUT2D eigenvalue weighted by Gasteiger charge is 2.31. The van der Waals surface area contributed by atoms with Gasteiger partial charge < -0.3 is 14.5 Å². The molecule has 0 spiro atoms. The first kappa shape index (κ1) is 20.4. The lowest BCUT2D eigenvalue weighted by Gasteiger charge is -2.35. The minimum Gasteiger partial charge on any atom is -0.383 e. The van der Waals surface area contributed by atoms with Crippen molar-refractivity contribution in [2.45, 2.75) is 39.5 Å². The molecule has 1 fully saturated rings. The second-order valence-electron chi connectivity index (χ2n) is 7.13. The normalized spacial score (nSPS) is 17.2. The van der Waals surface area contributed by atoms with Crippen molar-refractivity contribution < 1.29 is 14.3 Å². The van der Waals surface area contributed by atoms with Gasteiger partial charge >= 0.3 is 0 Å². The summed E-state index contributed by atoms with van der Waals surface area (Å²) >= 11 is 0. The maximum atomic E-state index is 13.0. The van der Waals surface area contributed by atoms with Gasteiger partial charge in [-0.2, -0.15) is 0 Å². The van der Waals surface area contributed by atoms with E-state index in [9.17, 15) is 9.59 Å². The Labute approximate surface area is 157 Å². The van der Waals surface area contributed by atoms with Crippen molar-refractivity contribution in [3.05, 3.63) is 35.4 Å². The average molecular weight is 360 g/mol. The molecular weight excluding hydrogens is 328 g/mol. The van der Waals surface area contributed by atoms with Gasteiger partial charge in [0.1, 0.15) is 0 Å². The SMILES string of the molecule is CCCCN(CCOC)C(=O)C1CCCN(C(=O)c2ccc(C)cc2)C1. The molecule has 5 heteroatoms. The van der Waals surface area contributed by atoms with Gasteiger partial charge in [0, 0.05) is 38.9 Å². The second kappa shape index (κ2) is 10.3. The molecule has 26 heavy (non-hydrogen) atoms. The van der Waals surface area contributed by atoms with Crippen LogP contribution in [0.4, 0.5) is 0 Å². The average Bonchev–Trinajstić information content (AvgIpc) is 2.68. The van der Waals surface area contributed by atoms with Crippen molar-refractivity contribution in [1.29, 1.82) is 0 Å². The summed E-state index contributed by atoms with van der Waals surface area (Å²) in [5.41, 5.74) is 1.84. The Bertz CT molecular complexity index is 577. The molecule has 1 heterocycles. The lowest BCUT2D eigenvalue weighted by Crippen LogP contribution is -2.47. The van der Waals surface area contributed by atoms with Gasteiger partial charge in [0.15, 0.2) is 0 Å². The van der Waals surface area contributed by atoms with Crippen molar-refractivity contribution in [1.82, 2.24) is 9.80 Å². The predicted molar refractivity (Wildman–Crippen MR) is 103 cm³/mol. The van der Waals surface area contributed by atoms with Gasteiger partial charge in [-0.3, -0.25) is 9.59 Å². The van der Waals surface area contributed by atoms with E-state index in [4.69, 9.17) is 4.74 Å². The molecule has 1 aromatic rings. The molecule has 144 valence electrons. The Morgan fingerprint density at radius 3 is 2.62 bits per heavy atom. The van der Waals surface area contributed by atoms with Crippen LogP contribution in [0.25, 0.3) is 0 Å². The molecule has 1 unspecified atom stereocenters. The molecule has 1 saturated heterocycles. The maximum absolute atomic E-state index is 13.0. The van der Waals surface area contributed by atoms with E-state index >= 15 is 0 Å². The number of nitrogens with zero attached hydrogens (tertiary/aromatic N) is 2. The highest BCUT2D eigenvalue weighted by molar-refractivity contribution is 5.94. The zero-order chi connectivity index (χ0) is 18.9. The topological polar surface area (TPSA) is 49.9 Å². The van der Waals surface area contributed by atoms with Crippen molar-refractivity contribution >= 4 is 11.8 Å². The third-order valence-electron chi connectivity index (χ3n) is 5.01. The number of unbranched alkanes of at least 4 members (excludes halogenated alkanes) is 1. The highest BCUT2D eigenvalue weighted by atomic mass is 16.5. The van der Waals surface area contributed by atoms with Crippen LogP contribution >= 0.6 is 0 Å². The lowest BCUT2D eigenvalue weighted by molar-refractivity contribution is -0.137. The summed E-state index contributed by atoms with van der Waals surface area (Å²) in [5, 5.41) is 0. The Balaban J connectivity index is 2.01. The van der Waals surface area contributed by atoms with Crippen LogP contribution in [0.2, 0.25) is 0 Å². The van der Waals surface area contributed by atoms with Gasteiger partial charge in [0.05, 0.1) is 12.5 Å². The van der Waals surface area contributed by atoms with Gasteiger partial charge in [-0.25, -0.2) is 0 Å². The molecule has 0 N–H and O–H groups in total. The van der Waals surface area contributed by atoms with E-state index in [1.54, 1.807) is 7.11 Å². The fourth-order valence-corrected chi connectivity index (χ4v) is 3.38. The van der Waals surface area contributed by atoms with Gasteiger partial charge in [-0.05, 0) is 38.3 Å². The van der Waals surface area contributed by atoms with E-state index in [1.807, 2.05) is 41.0 Å². The van der Waals surface area contributed by atoms with E-state index in [0.29, 0.717) is 25.3 Å². The number of piperidine rings is 1. The van der Waals surface area contributed by atoms with Gasteiger partial charge in [0.2, 0.25) is 5.91 Å². The number of hydrogen-bond donors (Lipinski definition) is 0. The third-order valence-corrected chi connectivity index (χ3v) is 5.01. The van der Waals surface area contributed by atoms with E-state index in [1.165, 1.54) is 0 Å². The number of benzene rings is 1. The number of rotatable bonds is 8. The number of aryl methyl sites for hydroxylation is 1. The summed E-state index contributed by atoms with van der Waals surface area (Å²) in [5.74, 6) is 0.0864. The smallest absolute Gasteiger partial charge is 0.253 e. The van der Waals surface area contributed by atoms with Crippen LogP contribution in [0.5, 0.6) is 0 Å². The summed E-state index contributed by atoms with van der Waals surface area (Å²) in [7, 11) is 1.66. The molecule has 1 aliphatic rings. The molecule has 2 amide bonds. The number of carbonyl (C=O) groups is 2. The zero-order valence-corrected chi connectivity index (χ0v) is 16.4. The fourth-order valence-electron chi connectivity index (χ4n) is 3.38. The van der Waals surface area contributed by atoms with Crippen LogP contribution in [0, 0.1) is 12.8 Å². The molecule has 0 aliphatic carbocycles. The number of ether oxygens (including phenoxy) is 1. The summed E-state index contributed by atoms with van der Waals surface area (Å²) in [4.78, 5) is 29.5. The first-order valence-corrected chi connectivity index (χ1v) is 9.70. The van der Waals surface area contributed by atoms with Crippen LogP contribution in [-0.2, 0) is 9.53 Å². The monoisotopic (exact) mass is 360 g/mol. The lowest BCUT2D eigenvalue weighted by atomic mass is 9.95. The van der Waals surface area contributed by atoms with Crippen LogP contribution < -0.4 is 0 Å². The quantitative estimate of drug-likeness (QED) is 0.716. The van der Waals surface area contributed by atoms with Crippen molar-refractivity contribution in [3.8, 4) is 0 Å². The van der Waals surface area contributed by atoms with E-state index in [2.05, 4.69) is 6.92 Å². The number of carbonyl (C=O) groups excluding carboxylic acids is 2.